The van der Waals surface area contributed by atoms with Gasteiger partial charge in [0.1, 0.15) is 5.75 Å². The number of benzene rings is 2. The van der Waals surface area contributed by atoms with Crippen LogP contribution in [0.4, 0.5) is 5.69 Å². The van der Waals surface area contributed by atoms with Crippen LogP contribution in [-0.4, -0.2) is 19.1 Å². The van der Waals surface area contributed by atoms with Crippen LogP contribution in [0, 0.1) is 0 Å². The van der Waals surface area contributed by atoms with Crippen LogP contribution in [0.3, 0.4) is 0 Å². The second-order valence-corrected chi connectivity index (χ2v) is 5.13. The first-order valence-electron chi connectivity index (χ1n) is 6.70. The molecule has 0 unspecified atom stereocenters. The molecule has 0 saturated heterocycles. The number of rotatable bonds is 6. The van der Waals surface area contributed by atoms with Gasteiger partial charge in [0, 0.05) is 0 Å². The molecule has 2 aromatic rings. The first-order chi connectivity index (χ1) is 10.6. The minimum absolute atomic E-state index is 0.204. The highest BCUT2D eigenvalue weighted by Gasteiger charge is 2.11. The lowest BCUT2D eigenvalue weighted by Crippen LogP contribution is -2.20. The molecule has 4 nitrogen and oxygen atoms in total. The molecule has 0 saturated carbocycles. The average molecular weight is 340 g/mol. The first-order valence-corrected chi connectivity index (χ1v) is 7.46. The van der Waals surface area contributed by atoms with E-state index in [0.717, 1.165) is 0 Å². The van der Waals surface area contributed by atoms with E-state index < -0.39 is 0 Å². The van der Waals surface area contributed by atoms with E-state index in [1.165, 1.54) is 0 Å². The summed E-state index contributed by atoms with van der Waals surface area (Å²) < 4.78 is 10.8. The number of hydrogen-bond acceptors (Lipinski definition) is 3. The fraction of sp³-hybridized carbons (Fsp3) is 0.188. The largest absolute Gasteiger partial charge is 0.492 e. The van der Waals surface area contributed by atoms with E-state index in [0.29, 0.717) is 33.8 Å². The molecule has 0 aromatic heterocycles. The molecule has 0 aliphatic rings. The van der Waals surface area contributed by atoms with E-state index in [-0.39, 0.29) is 12.5 Å². The zero-order valence-corrected chi connectivity index (χ0v) is 13.4. The summed E-state index contributed by atoms with van der Waals surface area (Å²) in [6.45, 7) is 2.18. The summed E-state index contributed by atoms with van der Waals surface area (Å²) in [6, 6.07) is 12.2. The van der Waals surface area contributed by atoms with Gasteiger partial charge in [-0.15, -0.1) is 0 Å². The van der Waals surface area contributed by atoms with Gasteiger partial charge in [-0.3, -0.25) is 4.79 Å². The van der Waals surface area contributed by atoms with Crippen LogP contribution in [0.5, 0.6) is 11.5 Å². The van der Waals surface area contributed by atoms with Gasteiger partial charge in [-0.25, -0.2) is 0 Å². The molecule has 2 rings (SSSR count). The molecule has 0 heterocycles. The van der Waals surface area contributed by atoms with Gasteiger partial charge in [-0.1, -0.05) is 41.4 Å². The Bertz CT molecular complexity index is 641. The third kappa shape index (κ3) is 4.29. The molecule has 1 amide bonds. The molecule has 6 heteroatoms. The summed E-state index contributed by atoms with van der Waals surface area (Å²) >= 11 is 12.0. The molecule has 22 heavy (non-hydrogen) atoms. The van der Waals surface area contributed by atoms with Crippen molar-refractivity contribution >= 4 is 34.8 Å². The van der Waals surface area contributed by atoms with E-state index in [2.05, 4.69) is 5.32 Å². The second kappa shape index (κ2) is 7.92. The Morgan fingerprint density at radius 3 is 2.41 bits per heavy atom. The zero-order chi connectivity index (χ0) is 15.9. The molecule has 0 atom stereocenters. The van der Waals surface area contributed by atoms with Crippen LogP contribution in [0.15, 0.2) is 42.5 Å². The maximum absolute atomic E-state index is 12.0. The van der Waals surface area contributed by atoms with Crippen molar-refractivity contribution in [3.63, 3.8) is 0 Å². The predicted octanol–water partition coefficient (Wildman–Crippen LogP) is 4.41. The van der Waals surface area contributed by atoms with Crippen molar-refractivity contribution < 1.29 is 14.3 Å². The van der Waals surface area contributed by atoms with Crippen molar-refractivity contribution in [1.29, 1.82) is 0 Å². The summed E-state index contributed by atoms with van der Waals surface area (Å²) in [5, 5.41) is 3.44. The van der Waals surface area contributed by atoms with Crippen LogP contribution in [-0.2, 0) is 4.79 Å². The van der Waals surface area contributed by atoms with Gasteiger partial charge in [-0.05, 0) is 31.2 Å². The van der Waals surface area contributed by atoms with E-state index in [1.807, 2.05) is 19.1 Å². The molecule has 0 aliphatic heterocycles. The number of hydrogen-bond donors (Lipinski definition) is 1. The molecule has 0 spiro atoms. The molecule has 1 N–H and O–H groups in total. The highest BCUT2D eigenvalue weighted by atomic mass is 35.5. The Morgan fingerprint density at radius 1 is 1.05 bits per heavy atom. The topological polar surface area (TPSA) is 47.6 Å². The molecular formula is C16H15Cl2NO3. The fourth-order valence-electron chi connectivity index (χ4n) is 1.80. The maximum atomic E-state index is 12.0. The molecule has 0 radical (unpaired) electrons. The lowest BCUT2D eigenvalue weighted by atomic mass is 10.3. The number of halogens is 2. The number of ether oxygens (including phenoxy) is 2. The monoisotopic (exact) mass is 339 g/mol. The van der Waals surface area contributed by atoms with Crippen molar-refractivity contribution in [2.45, 2.75) is 6.92 Å². The maximum Gasteiger partial charge on any atom is 0.262 e. The van der Waals surface area contributed by atoms with Gasteiger partial charge in [0.15, 0.2) is 12.4 Å². The number of amides is 1. The van der Waals surface area contributed by atoms with Crippen molar-refractivity contribution in [3.05, 3.63) is 52.5 Å². The van der Waals surface area contributed by atoms with E-state index in [4.69, 9.17) is 32.7 Å². The minimum atomic E-state index is -0.330. The summed E-state index contributed by atoms with van der Waals surface area (Å²) in [6.07, 6.45) is 0. The van der Waals surface area contributed by atoms with Gasteiger partial charge in [0.25, 0.3) is 5.91 Å². The smallest absolute Gasteiger partial charge is 0.262 e. The van der Waals surface area contributed by atoms with Crippen LogP contribution in [0.1, 0.15) is 6.92 Å². The SMILES string of the molecule is CCOc1ccccc1NC(=O)COc1c(Cl)cccc1Cl. The summed E-state index contributed by atoms with van der Waals surface area (Å²) in [7, 11) is 0. The minimum Gasteiger partial charge on any atom is -0.492 e. The zero-order valence-electron chi connectivity index (χ0n) is 11.9. The fourth-order valence-corrected chi connectivity index (χ4v) is 2.30. The predicted molar refractivity (Wildman–Crippen MR) is 88.2 cm³/mol. The molecule has 116 valence electrons. The summed E-state index contributed by atoms with van der Waals surface area (Å²) in [5.74, 6) is 0.566. The number of carbonyl (C=O) groups excluding carboxylic acids is 1. The normalized spacial score (nSPS) is 10.1. The number of nitrogens with one attached hydrogen (secondary N) is 1. The Kier molecular flexibility index (Phi) is 5.92. The molecule has 0 bridgehead atoms. The van der Waals surface area contributed by atoms with Gasteiger partial charge in [0.05, 0.1) is 22.3 Å². The number of para-hydroxylation sites is 3. The molecule has 0 aliphatic carbocycles. The third-order valence-electron chi connectivity index (χ3n) is 2.73. The summed E-state index contributed by atoms with van der Waals surface area (Å²) in [5.41, 5.74) is 0.586. The highest BCUT2D eigenvalue weighted by Crippen LogP contribution is 2.32. The Morgan fingerprint density at radius 2 is 1.73 bits per heavy atom. The molecule has 0 fully saturated rings. The van der Waals surface area contributed by atoms with Gasteiger partial charge < -0.3 is 14.8 Å². The Labute approximate surface area is 138 Å². The van der Waals surface area contributed by atoms with Crippen LogP contribution < -0.4 is 14.8 Å². The van der Waals surface area contributed by atoms with Crippen LogP contribution >= 0.6 is 23.2 Å². The van der Waals surface area contributed by atoms with E-state index >= 15 is 0 Å². The highest BCUT2D eigenvalue weighted by molar-refractivity contribution is 6.37. The molecular weight excluding hydrogens is 325 g/mol. The van der Waals surface area contributed by atoms with Gasteiger partial charge >= 0.3 is 0 Å². The van der Waals surface area contributed by atoms with Crippen LogP contribution in [0.25, 0.3) is 0 Å². The lowest BCUT2D eigenvalue weighted by Gasteiger charge is -2.12. The standard InChI is InChI=1S/C16H15Cl2NO3/c1-2-21-14-9-4-3-8-13(14)19-15(20)10-22-16-11(17)6-5-7-12(16)18/h3-9H,2,10H2,1H3,(H,19,20). The average Bonchev–Trinajstić information content (AvgIpc) is 2.49. The number of anilines is 1. The summed E-state index contributed by atoms with van der Waals surface area (Å²) in [4.78, 5) is 12.0. The lowest BCUT2D eigenvalue weighted by molar-refractivity contribution is -0.118. The van der Waals surface area contributed by atoms with Gasteiger partial charge in [0.2, 0.25) is 0 Å². The van der Waals surface area contributed by atoms with Crippen LogP contribution in [0.2, 0.25) is 10.0 Å². The molecule has 2 aromatic carbocycles. The van der Waals surface area contributed by atoms with E-state index in [1.54, 1.807) is 30.3 Å². The second-order valence-electron chi connectivity index (χ2n) is 4.32. The number of carbonyl (C=O) groups is 1. The van der Waals surface area contributed by atoms with Crippen molar-refractivity contribution in [1.82, 2.24) is 0 Å². The Hall–Kier alpha value is -1.91. The van der Waals surface area contributed by atoms with Crippen molar-refractivity contribution in [2.24, 2.45) is 0 Å². The van der Waals surface area contributed by atoms with E-state index in [9.17, 15) is 4.79 Å². The van der Waals surface area contributed by atoms with Crippen molar-refractivity contribution in [3.8, 4) is 11.5 Å². The first kappa shape index (κ1) is 16.5. The van der Waals surface area contributed by atoms with Crippen molar-refractivity contribution in [2.75, 3.05) is 18.5 Å². The Balaban J connectivity index is 1.99. The third-order valence-corrected chi connectivity index (χ3v) is 3.32. The van der Waals surface area contributed by atoms with Gasteiger partial charge in [-0.2, -0.15) is 0 Å². The quantitative estimate of drug-likeness (QED) is 0.847.